The molecule has 4 heteroatoms. The van der Waals surface area contributed by atoms with Crippen LogP contribution in [0.5, 0.6) is 0 Å². The average Bonchev–Trinajstić information content (AvgIpc) is 2.03. The van der Waals surface area contributed by atoms with Gasteiger partial charge < -0.3 is 10.2 Å². The minimum atomic E-state index is -0.337. The summed E-state index contributed by atoms with van der Waals surface area (Å²) in [5, 5.41) is 2.93. The van der Waals surface area contributed by atoms with E-state index in [1.807, 2.05) is 0 Å². The number of nitrogens with zero attached hydrogens (tertiary/aromatic N) is 1. The highest BCUT2D eigenvalue weighted by atomic mass is 19.1. The Hall–Kier alpha value is -0.640. The van der Waals surface area contributed by atoms with E-state index in [0.29, 0.717) is 13.0 Å². The van der Waals surface area contributed by atoms with E-state index < -0.39 is 0 Å². The molecule has 0 aromatic carbocycles. The molecule has 0 aromatic rings. The summed E-state index contributed by atoms with van der Waals surface area (Å²) in [5.41, 5.74) is 0. The molecule has 0 rings (SSSR count). The molecule has 72 valence electrons. The molecule has 0 aromatic heterocycles. The Balaban J connectivity index is 3.57. The van der Waals surface area contributed by atoms with Gasteiger partial charge in [0.15, 0.2) is 0 Å². The van der Waals surface area contributed by atoms with Crippen LogP contribution in [0.1, 0.15) is 13.3 Å². The first-order valence-corrected chi connectivity index (χ1v) is 4.10. The third-order valence-corrected chi connectivity index (χ3v) is 1.57. The SMILES string of the molecule is CC(NCCCF)C(=O)N(C)C. The van der Waals surface area contributed by atoms with E-state index in [1.165, 1.54) is 4.90 Å². The number of likely N-dealkylation sites (N-methyl/N-ethyl adjacent to an activating group) is 1. The summed E-state index contributed by atoms with van der Waals surface area (Å²) in [4.78, 5) is 12.7. The largest absolute Gasteiger partial charge is 0.347 e. The van der Waals surface area contributed by atoms with Gasteiger partial charge >= 0.3 is 0 Å². The van der Waals surface area contributed by atoms with E-state index in [1.54, 1.807) is 21.0 Å². The molecular formula is C8H17FN2O. The molecule has 0 radical (unpaired) electrons. The van der Waals surface area contributed by atoms with Crippen molar-refractivity contribution in [1.29, 1.82) is 0 Å². The second-order valence-corrected chi connectivity index (χ2v) is 2.95. The van der Waals surface area contributed by atoms with Crippen molar-refractivity contribution in [2.45, 2.75) is 19.4 Å². The van der Waals surface area contributed by atoms with Crippen LogP contribution in [0.3, 0.4) is 0 Å². The molecule has 0 aliphatic rings. The van der Waals surface area contributed by atoms with Crippen LogP contribution in [0, 0.1) is 0 Å². The lowest BCUT2D eigenvalue weighted by atomic mass is 10.3. The van der Waals surface area contributed by atoms with Gasteiger partial charge in [-0.1, -0.05) is 0 Å². The molecular weight excluding hydrogens is 159 g/mol. The van der Waals surface area contributed by atoms with Crippen LogP contribution < -0.4 is 5.32 Å². The zero-order valence-corrected chi connectivity index (χ0v) is 7.93. The number of rotatable bonds is 5. The maximum Gasteiger partial charge on any atom is 0.238 e. The number of carbonyl (C=O) groups is 1. The molecule has 0 spiro atoms. The molecule has 1 unspecified atom stereocenters. The monoisotopic (exact) mass is 176 g/mol. The van der Waals surface area contributed by atoms with Crippen LogP contribution in [-0.2, 0) is 4.79 Å². The third-order valence-electron chi connectivity index (χ3n) is 1.57. The summed E-state index contributed by atoms with van der Waals surface area (Å²) in [5.74, 6) is 0.0221. The molecule has 0 saturated heterocycles. The van der Waals surface area contributed by atoms with Gasteiger partial charge in [-0.05, 0) is 19.9 Å². The summed E-state index contributed by atoms with van der Waals surface area (Å²) >= 11 is 0. The molecule has 1 amide bonds. The van der Waals surface area contributed by atoms with Crippen molar-refractivity contribution >= 4 is 5.91 Å². The minimum Gasteiger partial charge on any atom is -0.347 e. The number of halogens is 1. The van der Waals surface area contributed by atoms with Crippen molar-refractivity contribution in [3.8, 4) is 0 Å². The average molecular weight is 176 g/mol. The van der Waals surface area contributed by atoms with Gasteiger partial charge in [0, 0.05) is 14.1 Å². The van der Waals surface area contributed by atoms with Crippen molar-refractivity contribution in [2.24, 2.45) is 0 Å². The first-order valence-electron chi connectivity index (χ1n) is 4.10. The molecule has 0 fully saturated rings. The summed E-state index contributed by atoms with van der Waals surface area (Å²) in [6.45, 7) is 1.99. The smallest absolute Gasteiger partial charge is 0.238 e. The molecule has 1 N–H and O–H groups in total. The van der Waals surface area contributed by atoms with E-state index in [4.69, 9.17) is 0 Å². The highest BCUT2D eigenvalue weighted by Gasteiger charge is 2.12. The summed E-state index contributed by atoms with van der Waals surface area (Å²) in [6, 6.07) is -0.216. The number of nitrogens with one attached hydrogen (secondary N) is 1. The lowest BCUT2D eigenvalue weighted by Gasteiger charge is -2.17. The topological polar surface area (TPSA) is 32.3 Å². The van der Waals surface area contributed by atoms with Gasteiger partial charge in [-0.25, -0.2) is 0 Å². The molecule has 0 heterocycles. The fourth-order valence-corrected chi connectivity index (χ4v) is 0.860. The zero-order valence-electron chi connectivity index (χ0n) is 7.93. The Morgan fingerprint density at radius 3 is 2.58 bits per heavy atom. The second kappa shape index (κ2) is 5.94. The second-order valence-electron chi connectivity index (χ2n) is 2.95. The van der Waals surface area contributed by atoms with E-state index >= 15 is 0 Å². The number of amides is 1. The van der Waals surface area contributed by atoms with Crippen LogP contribution in [-0.4, -0.2) is 44.2 Å². The summed E-state index contributed by atoms with van der Waals surface area (Å²) < 4.78 is 11.7. The number of hydrogen-bond acceptors (Lipinski definition) is 2. The molecule has 0 bridgehead atoms. The first kappa shape index (κ1) is 11.4. The van der Waals surface area contributed by atoms with Crippen molar-refractivity contribution < 1.29 is 9.18 Å². The molecule has 12 heavy (non-hydrogen) atoms. The minimum absolute atomic E-state index is 0.0221. The Kier molecular flexibility index (Phi) is 5.62. The first-order chi connectivity index (χ1) is 5.59. The highest BCUT2D eigenvalue weighted by molar-refractivity contribution is 5.80. The molecule has 0 aliphatic heterocycles. The van der Waals surface area contributed by atoms with E-state index in [2.05, 4.69) is 5.32 Å². The maximum absolute atomic E-state index is 11.7. The van der Waals surface area contributed by atoms with E-state index in [9.17, 15) is 9.18 Å². The Morgan fingerprint density at radius 1 is 1.58 bits per heavy atom. The summed E-state index contributed by atoms with van der Waals surface area (Å²) in [7, 11) is 3.41. The molecule has 1 atom stereocenters. The van der Waals surface area contributed by atoms with Crippen LogP contribution in [0.4, 0.5) is 4.39 Å². The van der Waals surface area contributed by atoms with Crippen LogP contribution in [0.2, 0.25) is 0 Å². The van der Waals surface area contributed by atoms with Gasteiger partial charge in [0.05, 0.1) is 12.7 Å². The third kappa shape index (κ3) is 4.28. The summed E-state index contributed by atoms with van der Waals surface area (Å²) in [6.07, 6.45) is 0.463. The molecule has 0 saturated carbocycles. The number of alkyl halides is 1. The number of carbonyl (C=O) groups excluding carboxylic acids is 1. The lowest BCUT2D eigenvalue weighted by molar-refractivity contribution is -0.130. The number of hydrogen-bond donors (Lipinski definition) is 1. The van der Waals surface area contributed by atoms with Crippen LogP contribution >= 0.6 is 0 Å². The Morgan fingerprint density at radius 2 is 2.17 bits per heavy atom. The van der Waals surface area contributed by atoms with E-state index in [-0.39, 0.29) is 18.6 Å². The Labute approximate surface area is 72.9 Å². The standard InChI is InChI=1S/C8H17FN2O/c1-7(8(12)11(2)3)10-6-4-5-9/h7,10H,4-6H2,1-3H3. The van der Waals surface area contributed by atoms with Gasteiger partial charge in [0.1, 0.15) is 0 Å². The zero-order chi connectivity index (χ0) is 9.56. The van der Waals surface area contributed by atoms with Crippen LogP contribution in [0.15, 0.2) is 0 Å². The van der Waals surface area contributed by atoms with Gasteiger partial charge in [0.2, 0.25) is 5.91 Å². The predicted octanol–water partition coefficient (Wildman–Crippen LogP) is 0.412. The van der Waals surface area contributed by atoms with Gasteiger partial charge in [-0.2, -0.15) is 0 Å². The van der Waals surface area contributed by atoms with Crippen molar-refractivity contribution in [3.05, 3.63) is 0 Å². The van der Waals surface area contributed by atoms with Crippen molar-refractivity contribution in [1.82, 2.24) is 10.2 Å². The fourth-order valence-electron chi connectivity index (χ4n) is 0.860. The van der Waals surface area contributed by atoms with Crippen molar-refractivity contribution in [3.63, 3.8) is 0 Å². The lowest BCUT2D eigenvalue weighted by Crippen LogP contribution is -2.41. The molecule has 3 nitrogen and oxygen atoms in total. The fraction of sp³-hybridized carbons (Fsp3) is 0.875. The van der Waals surface area contributed by atoms with E-state index in [0.717, 1.165) is 0 Å². The predicted molar refractivity (Wildman–Crippen MR) is 46.8 cm³/mol. The Bertz CT molecular complexity index is 139. The van der Waals surface area contributed by atoms with Gasteiger partial charge in [0.25, 0.3) is 0 Å². The van der Waals surface area contributed by atoms with Gasteiger partial charge in [-0.3, -0.25) is 9.18 Å². The van der Waals surface area contributed by atoms with Crippen molar-refractivity contribution in [2.75, 3.05) is 27.3 Å². The molecule has 0 aliphatic carbocycles. The quantitative estimate of drug-likeness (QED) is 0.615. The van der Waals surface area contributed by atoms with Gasteiger partial charge in [-0.15, -0.1) is 0 Å². The maximum atomic E-state index is 11.7. The highest BCUT2D eigenvalue weighted by Crippen LogP contribution is 1.88. The normalized spacial score (nSPS) is 12.7. The van der Waals surface area contributed by atoms with Crippen LogP contribution in [0.25, 0.3) is 0 Å².